The van der Waals surface area contributed by atoms with E-state index in [-0.39, 0.29) is 5.95 Å². The highest BCUT2D eigenvalue weighted by atomic mass is 35.5. The maximum absolute atomic E-state index is 6.14. The van der Waals surface area contributed by atoms with Crippen LogP contribution >= 0.6 is 24.2 Å². The number of rotatable bonds is 4. The summed E-state index contributed by atoms with van der Waals surface area (Å²) < 4.78 is 5.14. The van der Waals surface area contributed by atoms with E-state index in [0.717, 1.165) is 21.8 Å². The predicted molar refractivity (Wildman–Crippen MR) is 100 cm³/mol. The van der Waals surface area contributed by atoms with Crippen molar-refractivity contribution in [2.75, 3.05) is 18.2 Å². The second-order valence-corrected chi connectivity index (χ2v) is 5.94. The summed E-state index contributed by atoms with van der Waals surface area (Å²) in [6, 6.07) is 14.9. The van der Waals surface area contributed by atoms with E-state index in [1.165, 1.54) is 0 Å². The normalized spacial score (nSPS) is 10.5. The third-order valence-electron chi connectivity index (χ3n) is 3.33. The molecule has 1 heterocycles. The number of nitrogens with zero attached hydrogens (tertiary/aromatic N) is 2. The summed E-state index contributed by atoms with van der Waals surface area (Å²) in [6.45, 7) is 0. The molecule has 3 rings (SSSR count). The summed E-state index contributed by atoms with van der Waals surface area (Å²) in [4.78, 5) is 9.37. The van der Waals surface area contributed by atoms with Gasteiger partial charge in [0, 0.05) is 22.2 Å². The number of ether oxygens (including phenoxy) is 1. The van der Waals surface area contributed by atoms with Crippen LogP contribution in [0.4, 0.5) is 17.5 Å². The molecule has 0 amide bonds. The van der Waals surface area contributed by atoms with Crippen molar-refractivity contribution in [3.05, 3.63) is 53.6 Å². The van der Waals surface area contributed by atoms with Gasteiger partial charge in [-0.3, -0.25) is 0 Å². The number of benzene rings is 2. The Balaban J connectivity index is 1.91. The number of halogens is 1. The zero-order valence-electron chi connectivity index (χ0n) is 12.8. The van der Waals surface area contributed by atoms with Crippen LogP contribution in [0.3, 0.4) is 0 Å². The minimum absolute atomic E-state index is 0.185. The van der Waals surface area contributed by atoms with Crippen LogP contribution < -0.4 is 15.8 Å². The number of methoxy groups -OCH3 is 1. The molecule has 3 N–H and O–H groups in total. The highest BCUT2D eigenvalue weighted by Gasteiger charge is 2.07. The zero-order valence-corrected chi connectivity index (χ0v) is 14.5. The second kappa shape index (κ2) is 6.98. The number of hydrogen-bond acceptors (Lipinski definition) is 6. The molecule has 0 aliphatic heterocycles. The number of thiol groups is 1. The first-order chi connectivity index (χ1) is 11.5. The summed E-state index contributed by atoms with van der Waals surface area (Å²) in [5.41, 5.74) is 8.25. The first kappa shape index (κ1) is 16.4. The average Bonchev–Trinajstić information content (AvgIpc) is 2.55. The fourth-order valence-electron chi connectivity index (χ4n) is 2.20. The lowest BCUT2D eigenvalue weighted by molar-refractivity contribution is 0.415. The number of aromatic nitrogens is 2. The Labute approximate surface area is 150 Å². The SMILES string of the molecule is COc1ccc(Nc2cc(-c3ccc(S)cc3)nc(N)n2)cc1Cl. The fraction of sp³-hybridized carbons (Fsp3) is 0.0588. The first-order valence-electron chi connectivity index (χ1n) is 7.09. The van der Waals surface area contributed by atoms with Crippen LogP contribution in [-0.4, -0.2) is 17.1 Å². The van der Waals surface area contributed by atoms with E-state index in [2.05, 4.69) is 27.9 Å². The molecule has 0 saturated heterocycles. The molecule has 5 nitrogen and oxygen atoms in total. The highest BCUT2D eigenvalue weighted by molar-refractivity contribution is 7.80. The predicted octanol–water partition coefficient (Wildman–Crippen LogP) is 4.42. The van der Waals surface area contributed by atoms with Crippen LogP contribution in [0.25, 0.3) is 11.3 Å². The molecule has 0 unspecified atom stereocenters. The third kappa shape index (κ3) is 3.72. The van der Waals surface area contributed by atoms with Crippen molar-refractivity contribution in [1.29, 1.82) is 0 Å². The van der Waals surface area contributed by atoms with Gasteiger partial charge in [0.2, 0.25) is 5.95 Å². The topological polar surface area (TPSA) is 73.1 Å². The molecule has 0 bridgehead atoms. The maximum atomic E-state index is 6.14. The molecule has 2 aromatic carbocycles. The lowest BCUT2D eigenvalue weighted by atomic mass is 10.1. The van der Waals surface area contributed by atoms with Gasteiger partial charge >= 0.3 is 0 Å². The van der Waals surface area contributed by atoms with Crippen molar-refractivity contribution in [3.8, 4) is 17.0 Å². The Kier molecular flexibility index (Phi) is 4.78. The zero-order chi connectivity index (χ0) is 17.1. The van der Waals surface area contributed by atoms with E-state index >= 15 is 0 Å². The summed E-state index contributed by atoms with van der Waals surface area (Å²) >= 11 is 10.4. The van der Waals surface area contributed by atoms with E-state index in [1.54, 1.807) is 19.2 Å². The molecule has 7 heteroatoms. The number of nitrogens with one attached hydrogen (secondary N) is 1. The van der Waals surface area contributed by atoms with Gasteiger partial charge in [0.15, 0.2) is 0 Å². The monoisotopic (exact) mass is 358 g/mol. The minimum Gasteiger partial charge on any atom is -0.495 e. The van der Waals surface area contributed by atoms with Gasteiger partial charge in [0.25, 0.3) is 0 Å². The molecule has 0 aliphatic rings. The summed E-state index contributed by atoms with van der Waals surface area (Å²) in [5.74, 6) is 1.37. The van der Waals surface area contributed by atoms with Gasteiger partial charge in [-0.1, -0.05) is 23.7 Å². The molecule has 3 aromatic rings. The number of anilines is 3. The van der Waals surface area contributed by atoms with E-state index < -0.39 is 0 Å². The van der Waals surface area contributed by atoms with E-state index in [1.807, 2.05) is 36.4 Å². The molecule has 122 valence electrons. The van der Waals surface area contributed by atoms with E-state index in [0.29, 0.717) is 16.6 Å². The smallest absolute Gasteiger partial charge is 0.222 e. The minimum atomic E-state index is 0.185. The Hall–Kier alpha value is -2.44. The van der Waals surface area contributed by atoms with Gasteiger partial charge in [0.1, 0.15) is 11.6 Å². The number of hydrogen-bond donors (Lipinski definition) is 3. The van der Waals surface area contributed by atoms with Crippen LogP contribution in [0.5, 0.6) is 5.75 Å². The van der Waals surface area contributed by atoms with Gasteiger partial charge in [-0.2, -0.15) is 4.98 Å². The molecule has 0 atom stereocenters. The molecule has 1 aromatic heterocycles. The lowest BCUT2D eigenvalue weighted by Gasteiger charge is -2.10. The van der Waals surface area contributed by atoms with Crippen molar-refractivity contribution < 1.29 is 4.74 Å². The molecule has 0 saturated carbocycles. The second-order valence-electron chi connectivity index (χ2n) is 5.02. The number of nitrogens with two attached hydrogens (primary N) is 1. The summed E-state index contributed by atoms with van der Waals surface area (Å²) in [6.07, 6.45) is 0. The van der Waals surface area contributed by atoms with E-state index in [9.17, 15) is 0 Å². The van der Waals surface area contributed by atoms with Gasteiger partial charge in [-0.05, 0) is 30.3 Å². The third-order valence-corrected chi connectivity index (χ3v) is 3.92. The van der Waals surface area contributed by atoms with Crippen LogP contribution in [0.1, 0.15) is 0 Å². The van der Waals surface area contributed by atoms with Crippen LogP contribution in [-0.2, 0) is 0 Å². The quantitative estimate of drug-likeness (QED) is 0.602. The Bertz CT molecular complexity index is 871. The average molecular weight is 359 g/mol. The highest BCUT2D eigenvalue weighted by Crippen LogP contribution is 2.29. The van der Waals surface area contributed by atoms with Gasteiger partial charge < -0.3 is 15.8 Å². The van der Waals surface area contributed by atoms with Crippen molar-refractivity contribution in [3.63, 3.8) is 0 Å². The number of nitrogen functional groups attached to an aromatic ring is 1. The van der Waals surface area contributed by atoms with E-state index in [4.69, 9.17) is 22.1 Å². The Morgan fingerprint density at radius 1 is 1.08 bits per heavy atom. The fourth-order valence-corrected chi connectivity index (χ4v) is 2.61. The van der Waals surface area contributed by atoms with Crippen LogP contribution in [0.15, 0.2) is 53.4 Å². The van der Waals surface area contributed by atoms with Crippen molar-refractivity contribution in [2.24, 2.45) is 0 Å². The standard InChI is InChI=1S/C17H15ClN4OS/c1-23-15-7-4-11(8-13(15)18)20-16-9-14(21-17(19)22-16)10-2-5-12(24)6-3-10/h2-9,24H,1H3,(H3,19,20,21,22). The molecule has 24 heavy (non-hydrogen) atoms. The molecule has 0 spiro atoms. The molecular formula is C17H15ClN4OS. The van der Waals surface area contributed by atoms with Crippen molar-refractivity contribution in [2.45, 2.75) is 4.90 Å². The van der Waals surface area contributed by atoms with Gasteiger partial charge in [-0.25, -0.2) is 4.98 Å². The molecule has 0 fully saturated rings. The largest absolute Gasteiger partial charge is 0.495 e. The van der Waals surface area contributed by atoms with Gasteiger partial charge in [0.05, 0.1) is 17.8 Å². The van der Waals surface area contributed by atoms with Crippen LogP contribution in [0.2, 0.25) is 5.02 Å². The lowest BCUT2D eigenvalue weighted by Crippen LogP contribution is -2.01. The summed E-state index contributed by atoms with van der Waals surface area (Å²) in [7, 11) is 1.57. The summed E-state index contributed by atoms with van der Waals surface area (Å²) in [5, 5.41) is 3.68. The maximum Gasteiger partial charge on any atom is 0.222 e. The molecular weight excluding hydrogens is 344 g/mol. The first-order valence-corrected chi connectivity index (χ1v) is 7.92. The Morgan fingerprint density at radius 2 is 1.83 bits per heavy atom. The Morgan fingerprint density at radius 3 is 2.50 bits per heavy atom. The molecule has 0 aliphatic carbocycles. The van der Waals surface area contributed by atoms with Gasteiger partial charge in [-0.15, -0.1) is 12.6 Å². The van der Waals surface area contributed by atoms with Crippen molar-refractivity contribution in [1.82, 2.24) is 9.97 Å². The van der Waals surface area contributed by atoms with Crippen molar-refractivity contribution >= 4 is 41.7 Å². The molecule has 0 radical (unpaired) electrons. The van der Waals surface area contributed by atoms with Crippen LogP contribution in [0, 0.1) is 0 Å².